The van der Waals surface area contributed by atoms with Crippen molar-refractivity contribution in [2.75, 3.05) is 20.8 Å². The number of carbonyl (C=O) groups excluding carboxylic acids is 1. The summed E-state index contributed by atoms with van der Waals surface area (Å²) in [5.41, 5.74) is 1.67. The lowest BCUT2D eigenvalue weighted by molar-refractivity contribution is -0.120. The van der Waals surface area contributed by atoms with Gasteiger partial charge in [-0.05, 0) is 63.8 Å². The van der Waals surface area contributed by atoms with E-state index in [4.69, 9.17) is 9.47 Å². The average molecular weight is 333 g/mol. The molecule has 1 saturated carbocycles. The fraction of sp³-hybridized carbons (Fsp3) is 0.750. The number of likely N-dealkylation sites (N-methyl/N-ethyl adjacent to an activating group) is 1. The van der Waals surface area contributed by atoms with Crippen molar-refractivity contribution >= 4 is 6.29 Å². The molecule has 2 unspecified atom stereocenters. The van der Waals surface area contributed by atoms with Gasteiger partial charge in [-0.1, -0.05) is 23.8 Å². The van der Waals surface area contributed by atoms with Crippen LogP contribution in [-0.2, 0) is 14.3 Å². The van der Waals surface area contributed by atoms with Crippen molar-refractivity contribution in [2.45, 2.75) is 63.3 Å². The fourth-order valence-electron chi connectivity index (χ4n) is 4.36. The van der Waals surface area contributed by atoms with Gasteiger partial charge < -0.3 is 9.47 Å². The molecule has 1 aliphatic heterocycles. The van der Waals surface area contributed by atoms with E-state index < -0.39 is 0 Å². The lowest BCUT2D eigenvalue weighted by Crippen LogP contribution is -2.32. The molecule has 0 bridgehead atoms. The Labute approximate surface area is 145 Å². The van der Waals surface area contributed by atoms with Crippen molar-refractivity contribution in [2.24, 2.45) is 11.8 Å². The number of carbonyl (C=O) groups is 1. The van der Waals surface area contributed by atoms with Crippen molar-refractivity contribution in [1.82, 2.24) is 4.90 Å². The van der Waals surface area contributed by atoms with E-state index in [-0.39, 0.29) is 12.3 Å². The third-order valence-corrected chi connectivity index (χ3v) is 6.02. The molecule has 0 aromatic carbocycles. The first-order valence-electron chi connectivity index (χ1n) is 9.41. The summed E-state index contributed by atoms with van der Waals surface area (Å²) < 4.78 is 11.0. The first kappa shape index (κ1) is 17.8. The molecular weight excluding hydrogens is 302 g/mol. The van der Waals surface area contributed by atoms with Crippen LogP contribution in [0.25, 0.3) is 0 Å². The fourth-order valence-corrected chi connectivity index (χ4v) is 4.36. The largest absolute Gasteiger partial charge is 0.381 e. The van der Waals surface area contributed by atoms with E-state index in [1.807, 2.05) is 19.1 Å². The Morgan fingerprint density at radius 1 is 1.21 bits per heavy atom. The maximum Gasteiger partial charge on any atom is 0.167 e. The molecule has 0 spiro atoms. The highest BCUT2D eigenvalue weighted by Gasteiger charge is 2.29. The van der Waals surface area contributed by atoms with Gasteiger partial charge in [0.25, 0.3) is 0 Å². The molecular formula is C20H31NO3. The summed E-state index contributed by atoms with van der Waals surface area (Å²) in [4.78, 5) is 12.9. The van der Waals surface area contributed by atoms with Gasteiger partial charge in [0.15, 0.2) is 12.5 Å². The van der Waals surface area contributed by atoms with E-state index in [0.717, 1.165) is 12.2 Å². The third-order valence-electron chi connectivity index (χ3n) is 6.02. The summed E-state index contributed by atoms with van der Waals surface area (Å²) in [5.74, 6) is 1.31. The van der Waals surface area contributed by atoms with Gasteiger partial charge in [-0.25, -0.2) is 0 Å². The molecule has 0 aromatic heterocycles. The molecule has 4 heteroatoms. The van der Waals surface area contributed by atoms with Crippen molar-refractivity contribution in [3.05, 3.63) is 23.8 Å². The summed E-state index contributed by atoms with van der Waals surface area (Å²) >= 11 is 0. The smallest absolute Gasteiger partial charge is 0.167 e. The molecule has 0 aromatic rings. The van der Waals surface area contributed by atoms with Crippen LogP contribution in [0.15, 0.2) is 23.8 Å². The Balaban J connectivity index is 1.57. The monoisotopic (exact) mass is 333 g/mol. The Kier molecular flexibility index (Phi) is 6.25. The predicted molar refractivity (Wildman–Crippen MR) is 94.7 cm³/mol. The molecule has 1 saturated heterocycles. The molecule has 2 fully saturated rings. The number of aldehydes is 1. The van der Waals surface area contributed by atoms with Crippen LogP contribution in [0.2, 0.25) is 0 Å². The maximum absolute atomic E-state index is 10.9. The van der Waals surface area contributed by atoms with Crippen molar-refractivity contribution < 1.29 is 14.3 Å². The summed E-state index contributed by atoms with van der Waals surface area (Å²) in [6.45, 7) is 0.612. The summed E-state index contributed by atoms with van der Waals surface area (Å²) in [6, 6.07) is 0.219. The van der Waals surface area contributed by atoms with Gasteiger partial charge in [0.1, 0.15) is 0 Å². The molecule has 0 N–H and O–H groups in total. The van der Waals surface area contributed by atoms with Gasteiger partial charge in [-0.3, -0.25) is 9.69 Å². The topological polar surface area (TPSA) is 38.8 Å². The number of methoxy groups -OCH3 is 1. The van der Waals surface area contributed by atoms with Crippen LogP contribution in [0.5, 0.6) is 0 Å². The highest BCUT2D eigenvalue weighted by molar-refractivity contribution is 5.56. The van der Waals surface area contributed by atoms with E-state index >= 15 is 0 Å². The Hall–Kier alpha value is -0.970. The van der Waals surface area contributed by atoms with E-state index in [9.17, 15) is 4.79 Å². The minimum Gasteiger partial charge on any atom is -0.381 e. The highest BCUT2D eigenvalue weighted by atomic mass is 16.5. The van der Waals surface area contributed by atoms with Crippen molar-refractivity contribution in [3.8, 4) is 0 Å². The number of allylic oxidation sites excluding steroid dienone is 3. The Morgan fingerprint density at radius 2 is 2.00 bits per heavy atom. The molecule has 1 heterocycles. The van der Waals surface area contributed by atoms with Gasteiger partial charge >= 0.3 is 0 Å². The number of ether oxygens (including phenoxy) is 2. The Bertz CT molecular complexity index is 479. The summed E-state index contributed by atoms with van der Waals surface area (Å²) in [7, 11) is 3.79. The second-order valence-electron chi connectivity index (χ2n) is 7.48. The van der Waals surface area contributed by atoms with E-state index in [1.165, 1.54) is 44.9 Å². The van der Waals surface area contributed by atoms with Crippen molar-refractivity contribution in [3.63, 3.8) is 0 Å². The normalized spacial score (nSPS) is 38.4. The molecule has 0 radical (unpaired) electrons. The van der Waals surface area contributed by atoms with Gasteiger partial charge in [0.2, 0.25) is 0 Å². The SMILES string of the molecule is COC1CCC(C2=C[C@@H](/C=C/C3COC(C=O)N3C)CCC2)CC1. The number of rotatable bonds is 5. The lowest BCUT2D eigenvalue weighted by atomic mass is 9.76. The molecule has 3 aliphatic rings. The van der Waals surface area contributed by atoms with Crippen molar-refractivity contribution in [1.29, 1.82) is 0 Å². The van der Waals surface area contributed by atoms with Crippen LogP contribution in [0.1, 0.15) is 44.9 Å². The van der Waals surface area contributed by atoms with Gasteiger partial charge in [0, 0.05) is 7.11 Å². The van der Waals surface area contributed by atoms with Crippen LogP contribution in [0.4, 0.5) is 0 Å². The third kappa shape index (κ3) is 4.16. The van der Waals surface area contributed by atoms with Crippen LogP contribution in [-0.4, -0.2) is 50.3 Å². The van der Waals surface area contributed by atoms with Gasteiger partial charge in [0.05, 0.1) is 18.8 Å². The molecule has 0 amide bonds. The van der Waals surface area contributed by atoms with Crippen LogP contribution in [0, 0.1) is 11.8 Å². The molecule has 2 aliphatic carbocycles. The highest BCUT2D eigenvalue weighted by Crippen LogP contribution is 2.37. The van der Waals surface area contributed by atoms with Crippen LogP contribution < -0.4 is 0 Å². The van der Waals surface area contributed by atoms with Gasteiger partial charge in [-0.2, -0.15) is 0 Å². The first-order valence-corrected chi connectivity index (χ1v) is 9.41. The maximum atomic E-state index is 10.9. The zero-order valence-electron chi connectivity index (χ0n) is 15.0. The molecule has 3 rings (SSSR count). The minimum absolute atomic E-state index is 0.219. The molecule has 4 nitrogen and oxygen atoms in total. The number of hydrogen-bond acceptors (Lipinski definition) is 4. The molecule has 3 atom stereocenters. The van der Waals surface area contributed by atoms with E-state index in [2.05, 4.69) is 18.2 Å². The predicted octanol–water partition coefficient (Wildman–Crippen LogP) is 3.33. The van der Waals surface area contributed by atoms with Gasteiger partial charge in [-0.15, -0.1) is 0 Å². The summed E-state index contributed by atoms with van der Waals surface area (Å²) in [6.07, 6.45) is 16.8. The number of hydrogen-bond donors (Lipinski definition) is 0. The first-order chi connectivity index (χ1) is 11.7. The minimum atomic E-state index is -0.381. The second kappa shape index (κ2) is 8.41. The Morgan fingerprint density at radius 3 is 2.67 bits per heavy atom. The average Bonchev–Trinajstić information content (AvgIpc) is 3.00. The quantitative estimate of drug-likeness (QED) is 0.571. The van der Waals surface area contributed by atoms with Crippen LogP contribution in [0.3, 0.4) is 0 Å². The van der Waals surface area contributed by atoms with E-state index in [0.29, 0.717) is 18.6 Å². The second-order valence-corrected chi connectivity index (χ2v) is 7.48. The zero-order chi connectivity index (χ0) is 16.9. The zero-order valence-corrected chi connectivity index (χ0v) is 15.0. The summed E-state index contributed by atoms with van der Waals surface area (Å²) in [5, 5.41) is 0. The molecule has 24 heavy (non-hydrogen) atoms. The standard InChI is InChI=1S/C20H31NO3/c1-21-18(14-24-20(21)13-22)9-6-15-4-3-5-17(12-15)16-7-10-19(23-2)11-8-16/h6,9,12-13,15-16,18-20H,3-5,7-8,10-11,14H2,1-2H3/b9-6+/t15-,16?,18?,19?,20?/m1/s1. The number of nitrogens with zero attached hydrogens (tertiary/aromatic N) is 1. The lowest BCUT2D eigenvalue weighted by Gasteiger charge is -2.32. The molecule has 134 valence electrons. The van der Waals surface area contributed by atoms with E-state index in [1.54, 1.807) is 5.57 Å². The van der Waals surface area contributed by atoms with Crippen LogP contribution >= 0.6 is 0 Å².